The van der Waals surface area contributed by atoms with Crippen molar-refractivity contribution in [1.29, 1.82) is 5.26 Å². The van der Waals surface area contributed by atoms with Crippen LogP contribution in [0, 0.1) is 32.1 Å². The molecule has 10 nitrogen and oxygen atoms in total. The van der Waals surface area contributed by atoms with Crippen LogP contribution in [-0.2, 0) is 20.9 Å². The van der Waals surface area contributed by atoms with Crippen LogP contribution in [0.15, 0.2) is 52.0 Å². The maximum atomic E-state index is 12.3. The van der Waals surface area contributed by atoms with Gasteiger partial charge in [-0.2, -0.15) is 10.4 Å². The number of nitriles is 1. The molecule has 202 valence electrons. The number of hydrogen-bond acceptors (Lipinski definition) is 8. The smallest absolute Gasteiger partial charge is 0.278 e. The van der Waals surface area contributed by atoms with Gasteiger partial charge in [-0.15, -0.1) is 0 Å². The molecule has 2 amide bonds. The number of pyridine rings is 1. The van der Waals surface area contributed by atoms with Crippen molar-refractivity contribution in [3.05, 3.63) is 80.4 Å². The number of hydrazone groups is 1. The SMILES string of the molecule is COCc1c(Br)c(C)nc(OCC(=O)N/N=C/c2cccc(OCC(=O)Nc3ccc(C)c(C)c3)c2)c1C#N. The van der Waals surface area contributed by atoms with E-state index >= 15 is 0 Å². The van der Waals surface area contributed by atoms with E-state index in [1.165, 1.54) is 13.3 Å². The fraction of sp³-hybridized carbons (Fsp3) is 0.250. The molecule has 3 aromatic rings. The summed E-state index contributed by atoms with van der Waals surface area (Å²) in [7, 11) is 1.52. The Balaban J connectivity index is 1.51. The van der Waals surface area contributed by atoms with E-state index in [1.54, 1.807) is 31.2 Å². The summed E-state index contributed by atoms with van der Waals surface area (Å²) in [4.78, 5) is 28.7. The Morgan fingerprint density at radius 2 is 1.85 bits per heavy atom. The van der Waals surface area contributed by atoms with Crippen molar-refractivity contribution in [1.82, 2.24) is 10.4 Å². The fourth-order valence-corrected chi connectivity index (χ4v) is 3.81. The molecule has 11 heteroatoms. The third-order valence-electron chi connectivity index (χ3n) is 5.53. The van der Waals surface area contributed by atoms with Crippen LogP contribution in [0.3, 0.4) is 0 Å². The molecule has 2 aromatic carbocycles. The van der Waals surface area contributed by atoms with Crippen molar-refractivity contribution < 1.29 is 23.8 Å². The number of carbonyl (C=O) groups excluding carboxylic acids is 2. The number of anilines is 1. The summed E-state index contributed by atoms with van der Waals surface area (Å²) in [5.41, 5.74) is 7.32. The highest BCUT2D eigenvalue weighted by molar-refractivity contribution is 9.10. The molecule has 0 saturated carbocycles. The number of rotatable bonds is 11. The molecule has 0 unspecified atom stereocenters. The molecule has 0 aliphatic heterocycles. The van der Waals surface area contributed by atoms with Gasteiger partial charge < -0.3 is 19.5 Å². The molecule has 0 spiro atoms. The Hall–Kier alpha value is -4.27. The summed E-state index contributed by atoms with van der Waals surface area (Å²) in [6, 6.07) is 14.6. The zero-order valence-corrected chi connectivity index (χ0v) is 23.6. The van der Waals surface area contributed by atoms with E-state index in [-0.39, 0.29) is 30.6 Å². The molecule has 39 heavy (non-hydrogen) atoms. The number of nitrogens with one attached hydrogen (secondary N) is 2. The molecule has 0 aliphatic rings. The summed E-state index contributed by atoms with van der Waals surface area (Å²) in [6.45, 7) is 5.35. The Labute approximate surface area is 235 Å². The number of nitrogens with zero attached hydrogens (tertiary/aromatic N) is 3. The van der Waals surface area contributed by atoms with Gasteiger partial charge in [0, 0.05) is 22.8 Å². The van der Waals surface area contributed by atoms with Crippen LogP contribution in [-0.4, -0.2) is 43.3 Å². The quantitative estimate of drug-likeness (QED) is 0.249. The minimum absolute atomic E-state index is 0.0378. The molecule has 0 fully saturated rings. The molecule has 3 rings (SSSR count). The maximum absolute atomic E-state index is 12.3. The molecule has 0 atom stereocenters. The predicted octanol–water partition coefficient (Wildman–Crippen LogP) is 4.33. The number of methoxy groups -OCH3 is 1. The maximum Gasteiger partial charge on any atom is 0.278 e. The predicted molar refractivity (Wildman–Crippen MR) is 150 cm³/mol. The number of halogens is 1. The van der Waals surface area contributed by atoms with Crippen LogP contribution < -0.4 is 20.2 Å². The first-order valence-corrected chi connectivity index (χ1v) is 12.6. The molecule has 1 aromatic heterocycles. The van der Waals surface area contributed by atoms with Crippen LogP contribution in [0.25, 0.3) is 0 Å². The summed E-state index contributed by atoms with van der Waals surface area (Å²) >= 11 is 3.41. The summed E-state index contributed by atoms with van der Waals surface area (Å²) in [5, 5.41) is 16.3. The van der Waals surface area contributed by atoms with Gasteiger partial charge in [0.1, 0.15) is 17.4 Å². The van der Waals surface area contributed by atoms with E-state index in [2.05, 4.69) is 36.8 Å². The Morgan fingerprint density at radius 1 is 1.08 bits per heavy atom. The third-order valence-corrected chi connectivity index (χ3v) is 6.58. The van der Waals surface area contributed by atoms with Crippen LogP contribution in [0.2, 0.25) is 0 Å². The van der Waals surface area contributed by atoms with Gasteiger partial charge in [0.25, 0.3) is 11.8 Å². The zero-order chi connectivity index (χ0) is 28.4. The number of hydrogen-bond donors (Lipinski definition) is 2. The van der Waals surface area contributed by atoms with E-state index in [0.717, 1.165) is 11.1 Å². The highest BCUT2D eigenvalue weighted by Gasteiger charge is 2.18. The van der Waals surface area contributed by atoms with E-state index < -0.39 is 12.5 Å². The summed E-state index contributed by atoms with van der Waals surface area (Å²) in [6.07, 6.45) is 1.43. The Bertz CT molecular complexity index is 1430. The fourth-order valence-electron chi connectivity index (χ4n) is 3.41. The largest absolute Gasteiger partial charge is 0.484 e. The lowest BCUT2D eigenvalue weighted by Crippen LogP contribution is -2.25. The first kappa shape index (κ1) is 29.3. The topological polar surface area (TPSA) is 135 Å². The molecule has 0 aliphatic carbocycles. The zero-order valence-electron chi connectivity index (χ0n) is 22.0. The van der Waals surface area contributed by atoms with Gasteiger partial charge in [-0.3, -0.25) is 9.59 Å². The second-order valence-corrected chi connectivity index (χ2v) is 9.30. The number of benzene rings is 2. The molecule has 0 bridgehead atoms. The van der Waals surface area contributed by atoms with E-state index in [4.69, 9.17) is 14.2 Å². The van der Waals surface area contributed by atoms with Gasteiger partial charge in [-0.05, 0) is 77.7 Å². The van der Waals surface area contributed by atoms with Gasteiger partial charge in [0.05, 0.1) is 18.5 Å². The lowest BCUT2D eigenvalue weighted by atomic mass is 10.1. The average molecular weight is 594 g/mol. The van der Waals surface area contributed by atoms with Crippen LogP contribution in [0.5, 0.6) is 11.6 Å². The van der Waals surface area contributed by atoms with Gasteiger partial charge in [0.15, 0.2) is 13.2 Å². The normalized spacial score (nSPS) is 10.7. The molecular weight excluding hydrogens is 566 g/mol. The van der Waals surface area contributed by atoms with Crippen molar-refractivity contribution in [2.45, 2.75) is 27.4 Å². The van der Waals surface area contributed by atoms with Gasteiger partial charge in [0.2, 0.25) is 5.88 Å². The number of aryl methyl sites for hydroxylation is 3. The van der Waals surface area contributed by atoms with E-state index in [0.29, 0.717) is 32.7 Å². The lowest BCUT2D eigenvalue weighted by Gasteiger charge is -2.13. The van der Waals surface area contributed by atoms with Crippen LogP contribution in [0.4, 0.5) is 5.69 Å². The number of aromatic nitrogens is 1. The van der Waals surface area contributed by atoms with Gasteiger partial charge in [-0.1, -0.05) is 18.2 Å². The van der Waals surface area contributed by atoms with Crippen LogP contribution >= 0.6 is 15.9 Å². The third kappa shape index (κ3) is 8.36. The van der Waals surface area contributed by atoms with Crippen LogP contribution in [0.1, 0.15) is 33.5 Å². The highest BCUT2D eigenvalue weighted by Crippen LogP contribution is 2.30. The summed E-state index contributed by atoms with van der Waals surface area (Å²) < 4.78 is 16.9. The standard InChI is InChI=1S/C28H28BrN5O5/c1-17-8-9-21(10-18(17)2)33-25(35)15-38-22-7-5-6-20(11-22)13-31-34-26(36)16-39-28-23(12-30)24(14-37-4)27(29)19(3)32-28/h5-11,13H,14-16H2,1-4H3,(H,33,35)(H,34,36)/b31-13+. The minimum Gasteiger partial charge on any atom is -0.484 e. The van der Waals surface area contributed by atoms with Crippen molar-refractivity contribution in [3.8, 4) is 17.7 Å². The first-order chi connectivity index (χ1) is 18.7. The average Bonchev–Trinajstić information content (AvgIpc) is 2.91. The molecule has 2 N–H and O–H groups in total. The van der Waals surface area contributed by atoms with Crippen molar-refractivity contribution >= 4 is 39.6 Å². The van der Waals surface area contributed by atoms with Gasteiger partial charge >= 0.3 is 0 Å². The summed E-state index contributed by atoms with van der Waals surface area (Å²) in [5.74, 6) is -0.317. The minimum atomic E-state index is -0.541. The Kier molecular flexibility index (Phi) is 10.5. The Morgan fingerprint density at radius 3 is 2.56 bits per heavy atom. The monoisotopic (exact) mass is 593 g/mol. The van der Waals surface area contributed by atoms with Crippen molar-refractivity contribution in [3.63, 3.8) is 0 Å². The van der Waals surface area contributed by atoms with Gasteiger partial charge in [-0.25, -0.2) is 10.4 Å². The molecule has 1 heterocycles. The van der Waals surface area contributed by atoms with Crippen molar-refractivity contribution in [2.24, 2.45) is 5.10 Å². The second kappa shape index (κ2) is 14.0. The number of carbonyl (C=O) groups is 2. The second-order valence-electron chi connectivity index (χ2n) is 8.50. The molecule has 0 saturated heterocycles. The number of ether oxygens (including phenoxy) is 3. The van der Waals surface area contributed by atoms with E-state index in [1.807, 2.05) is 38.1 Å². The van der Waals surface area contributed by atoms with Crippen molar-refractivity contribution in [2.75, 3.05) is 25.6 Å². The lowest BCUT2D eigenvalue weighted by molar-refractivity contribution is -0.123. The van der Waals surface area contributed by atoms with E-state index in [9.17, 15) is 14.9 Å². The molecular formula is C28H28BrN5O5. The first-order valence-electron chi connectivity index (χ1n) is 11.8. The highest BCUT2D eigenvalue weighted by atomic mass is 79.9. The number of amides is 2. The molecule has 0 radical (unpaired) electrons.